The fraction of sp³-hybridized carbons (Fsp3) is 0.818. The van der Waals surface area contributed by atoms with Crippen molar-refractivity contribution in [3.8, 4) is 6.07 Å². The Labute approximate surface area is 90.0 Å². The lowest BCUT2D eigenvalue weighted by Crippen LogP contribution is -2.41. The zero-order chi connectivity index (χ0) is 10.7. The first-order valence-corrected chi connectivity index (χ1v) is 5.66. The van der Waals surface area contributed by atoms with Gasteiger partial charge in [-0.25, -0.2) is 0 Å². The molecule has 0 radical (unpaired) electrons. The molecule has 0 spiro atoms. The molecule has 0 aromatic rings. The van der Waals surface area contributed by atoms with Crippen molar-refractivity contribution >= 4 is 5.91 Å². The highest BCUT2D eigenvalue weighted by molar-refractivity contribution is 5.78. The Morgan fingerprint density at radius 3 is 2.87 bits per heavy atom. The number of hydrogen-bond donors (Lipinski definition) is 2. The van der Waals surface area contributed by atoms with E-state index in [2.05, 4.69) is 10.6 Å². The highest BCUT2D eigenvalue weighted by Gasteiger charge is 2.39. The van der Waals surface area contributed by atoms with E-state index < -0.39 is 0 Å². The van der Waals surface area contributed by atoms with E-state index in [9.17, 15) is 4.79 Å². The number of carbonyl (C=O) groups is 1. The zero-order valence-corrected chi connectivity index (χ0v) is 8.83. The third kappa shape index (κ3) is 2.48. The van der Waals surface area contributed by atoms with Crippen LogP contribution in [-0.4, -0.2) is 25.0 Å². The molecule has 0 aromatic carbocycles. The second-order valence-corrected chi connectivity index (χ2v) is 4.60. The summed E-state index contributed by atoms with van der Waals surface area (Å²) < 4.78 is 0. The van der Waals surface area contributed by atoms with Crippen molar-refractivity contribution in [2.24, 2.45) is 11.8 Å². The molecule has 2 rings (SSSR count). The van der Waals surface area contributed by atoms with E-state index >= 15 is 0 Å². The summed E-state index contributed by atoms with van der Waals surface area (Å²) in [6.45, 7) is 0.465. The van der Waals surface area contributed by atoms with Crippen LogP contribution in [0.5, 0.6) is 0 Å². The minimum Gasteiger partial charge on any atom is -0.342 e. The van der Waals surface area contributed by atoms with Gasteiger partial charge in [0, 0.05) is 6.04 Å². The molecule has 2 fully saturated rings. The van der Waals surface area contributed by atoms with E-state index in [4.69, 9.17) is 5.26 Å². The standard InChI is InChI=1S/C11H17N3O/c12-3-4-13-11(15)7-14-10-6-8-1-2-9(10)5-8/h8-10,14H,1-2,4-7H2,(H,13,15). The first-order chi connectivity index (χ1) is 7.29. The Balaban J connectivity index is 1.66. The molecule has 3 atom stereocenters. The third-order valence-electron chi connectivity index (χ3n) is 3.63. The Bertz CT molecular complexity index is 284. The average molecular weight is 207 g/mol. The van der Waals surface area contributed by atoms with Crippen LogP contribution in [0.4, 0.5) is 0 Å². The second-order valence-electron chi connectivity index (χ2n) is 4.60. The quantitative estimate of drug-likeness (QED) is 0.656. The van der Waals surface area contributed by atoms with Crippen LogP contribution in [0.1, 0.15) is 25.7 Å². The van der Waals surface area contributed by atoms with Gasteiger partial charge in [0.2, 0.25) is 5.91 Å². The van der Waals surface area contributed by atoms with Gasteiger partial charge in [-0.3, -0.25) is 4.79 Å². The van der Waals surface area contributed by atoms with Crippen molar-refractivity contribution < 1.29 is 4.79 Å². The maximum absolute atomic E-state index is 11.2. The van der Waals surface area contributed by atoms with Gasteiger partial charge in [0.05, 0.1) is 12.6 Å². The van der Waals surface area contributed by atoms with Crippen LogP contribution in [0.15, 0.2) is 0 Å². The number of nitrogens with one attached hydrogen (secondary N) is 2. The molecule has 15 heavy (non-hydrogen) atoms. The van der Waals surface area contributed by atoms with Crippen LogP contribution >= 0.6 is 0 Å². The molecule has 2 aliphatic carbocycles. The van der Waals surface area contributed by atoms with Gasteiger partial charge in [0.25, 0.3) is 0 Å². The van der Waals surface area contributed by atoms with Crippen molar-refractivity contribution in [1.29, 1.82) is 5.26 Å². The minimum absolute atomic E-state index is 0.0701. The van der Waals surface area contributed by atoms with Crippen molar-refractivity contribution in [2.75, 3.05) is 13.1 Å². The molecule has 4 heteroatoms. The van der Waals surface area contributed by atoms with Crippen LogP contribution in [0, 0.1) is 23.2 Å². The largest absolute Gasteiger partial charge is 0.342 e. The van der Waals surface area contributed by atoms with Gasteiger partial charge in [-0.2, -0.15) is 5.26 Å². The Morgan fingerprint density at radius 2 is 2.27 bits per heavy atom. The number of nitrogens with zero attached hydrogens (tertiary/aromatic N) is 1. The molecule has 0 saturated heterocycles. The Kier molecular flexibility index (Phi) is 3.22. The van der Waals surface area contributed by atoms with Crippen molar-refractivity contribution in [3.63, 3.8) is 0 Å². The van der Waals surface area contributed by atoms with Gasteiger partial charge in [-0.1, -0.05) is 6.42 Å². The van der Waals surface area contributed by atoms with Crippen molar-refractivity contribution in [2.45, 2.75) is 31.7 Å². The molecule has 0 aliphatic heterocycles. The summed E-state index contributed by atoms with van der Waals surface area (Å²) in [5, 5.41) is 14.1. The van der Waals surface area contributed by atoms with Crippen LogP contribution in [0.25, 0.3) is 0 Å². The van der Waals surface area contributed by atoms with Crippen LogP contribution in [-0.2, 0) is 4.79 Å². The number of fused-ring (bicyclic) bond motifs is 2. The van der Waals surface area contributed by atoms with E-state index in [1.807, 2.05) is 6.07 Å². The summed E-state index contributed by atoms with van der Waals surface area (Å²) in [4.78, 5) is 11.2. The summed E-state index contributed by atoms with van der Waals surface area (Å²) in [6.07, 6.45) is 5.28. The minimum atomic E-state index is -0.0701. The second kappa shape index (κ2) is 4.63. The maximum Gasteiger partial charge on any atom is 0.234 e. The number of rotatable bonds is 4. The fourth-order valence-electron chi connectivity index (χ4n) is 2.92. The number of nitriles is 1. The van der Waals surface area contributed by atoms with Crippen LogP contribution in [0.3, 0.4) is 0 Å². The molecule has 2 saturated carbocycles. The van der Waals surface area contributed by atoms with E-state index in [-0.39, 0.29) is 12.5 Å². The molecule has 82 valence electrons. The van der Waals surface area contributed by atoms with E-state index in [1.54, 1.807) is 0 Å². The summed E-state index contributed by atoms with van der Waals surface area (Å²) in [6, 6.07) is 2.43. The van der Waals surface area contributed by atoms with Crippen molar-refractivity contribution in [1.82, 2.24) is 10.6 Å². The van der Waals surface area contributed by atoms with Gasteiger partial charge >= 0.3 is 0 Å². The molecule has 0 aromatic heterocycles. The molecule has 3 unspecified atom stereocenters. The first-order valence-electron chi connectivity index (χ1n) is 5.66. The van der Waals surface area contributed by atoms with Gasteiger partial charge < -0.3 is 10.6 Å². The van der Waals surface area contributed by atoms with Gasteiger partial charge in [-0.15, -0.1) is 0 Å². The van der Waals surface area contributed by atoms with Crippen molar-refractivity contribution in [3.05, 3.63) is 0 Å². The first kappa shape index (κ1) is 10.4. The molecule has 0 heterocycles. The zero-order valence-electron chi connectivity index (χ0n) is 8.83. The number of carbonyl (C=O) groups excluding carboxylic acids is 1. The monoisotopic (exact) mass is 207 g/mol. The topological polar surface area (TPSA) is 64.9 Å². The maximum atomic E-state index is 11.2. The summed E-state index contributed by atoms with van der Waals surface area (Å²) in [7, 11) is 0. The molecule has 2 aliphatic rings. The van der Waals surface area contributed by atoms with Gasteiger partial charge in [-0.05, 0) is 31.1 Å². The predicted octanol–water partition coefficient (Wildman–Crippen LogP) is 0.404. The Morgan fingerprint density at radius 1 is 1.40 bits per heavy atom. The molecule has 4 nitrogen and oxygen atoms in total. The molecule has 2 bridgehead atoms. The van der Waals surface area contributed by atoms with Crippen LogP contribution in [0.2, 0.25) is 0 Å². The summed E-state index contributed by atoms with van der Waals surface area (Å²) in [5.74, 6) is 1.62. The highest BCUT2D eigenvalue weighted by Crippen LogP contribution is 2.44. The SMILES string of the molecule is N#CCNC(=O)CNC1CC2CCC1C2. The lowest BCUT2D eigenvalue weighted by Gasteiger charge is -2.22. The lowest BCUT2D eigenvalue weighted by atomic mass is 9.95. The normalized spacial score (nSPS) is 32.6. The molecular weight excluding hydrogens is 190 g/mol. The van der Waals surface area contributed by atoms with E-state index in [1.165, 1.54) is 25.7 Å². The van der Waals surface area contributed by atoms with Gasteiger partial charge in [0.1, 0.15) is 6.54 Å². The smallest absolute Gasteiger partial charge is 0.234 e. The average Bonchev–Trinajstić information content (AvgIpc) is 2.84. The molecule has 2 N–H and O–H groups in total. The highest BCUT2D eigenvalue weighted by atomic mass is 16.1. The number of amides is 1. The molecular formula is C11H17N3O. The van der Waals surface area contributed by atoms with Crippen LogP contribution < -0.4 is 10.6 Å². The molecule has 1 amide bonds. The summed E-state index contributed by atoms with van der Waals surface area (Å²) in [5.41, 5.74) is 0. The van der Waals surface area contributed by atoms with Gasteiger partial charge in [0.15, 0.2) is 0 Å². The van der Waals surface area contributed by atoms with E-state index in [0.717, 1.165) is 11.8 Å². The third-order valence-corrected chi connectivity index (χ3v) is 3.63. The predicted molar refractivity (Wildman–Crippen MR) is 55.9 cm³/mol. The number of hydrogen-bond acceptors (Lipinski definition) is 3. The summed E-state index contributed by atoms with van der Waals surface area (Å²) >= 11 is 0. The lowest BCUT2D eigenvalue weighted by molar-refractivity contribution is -0.120. The fourth-order valence-corrected chi connectivity index (χ4v) is 2.92. The van der Waals surface area contributed by atoms with E-state index in [0.29, 0.717) is 12.6 Å². The Hall–Kier alpha value is -1.08.